The van der Waals surface area contributed by atoms with Gasteiger partial charge in [0.25, 0.3) is 11.8 Å². The molecule has 19 heavy (non-hydrogen) atoms. The van der Waals surface area contributed by atoms with Crippen molar-refractivity contribution in [3.8, 4) is 0 Å². The van der Waals surface area contributed by atoms with Gasteiger partial charge >= 0.3 is 0 Å². The van der Waals surface area contributed by atoms with E-state index in [1.807, 2.05) is 13.0 Å². The summed E-state index contributed by atoms with van der Waals surface area (Å²) >= 11 is 3.31. The summed E-state index contributed by atoms with van der Waals surface area (Å²) in [6, 6.07) is 8.63. The second kappa shape index (κ2) is 4.28. The molecule has 0 saturated heterocycles. The fourth-order valence-electron chi connectivity index (χ4n) is 2.15. The summed E-state index contributed by atoms with van der Waals surface area (Å²) in [6.45, 7) is 1.82. The van der Waals surface area contributed by atoms with Crippen molar-refractivity contribution < 1.29 is 9.59 Å². The Morgan fingerprint density at radius 2 is 1.68 bits per heavy atom. The van der Waals surface area contributed by atoms with Gasteiger partial charge in [-0.25, -0.2) is 9.88 Å². The number of hydrogen-bond acceptors (Lipinski definition) is 3. The Bertz CT molecular complexity index is 677. The molecule has 2 amide bonds. The number of carbonyl (C=O) groups is 2. The van der Waals surface area contributed by atoms with Gasteiger partial charge in [0.2, 0.25) is 0 Å². The third kappa shape index (κ3) is 1.77. The first-order valence-corrected chi connectivity index (χ1v) is 6.49. The van der Waals surface area contributed by atoms with Crippen LogP contribution in [0.3, 0.4) is 0 Å². The summed E-state index contributed by atoms with van der Waals surface area (Å²) in [7, 11) is 0. The van der Waals surface area contributed by atoms with Gasteiger partial charge in [-0.1, -0.05) is 12.1 Å². The van der Waals surface area contributed by atoms with Gasteiger partial charge in [-0.15, -0.1) is 0 Å². The van der Waals surface area contributed by atoms with E-state index in [2.05, 4.69) is 20.9 Å². The van der Waals surface area contributed by atoms with Gasteiger partial charge in [0, 0.05) is 10.7 Å². The van der Waals surface area contributed by atoms with E-state index in [1.165, 1.54) is 0 Å². The zero-order valence-electron chi connectivity index (χ0n) is 10.1. The van der Waals surface area contributed by atoms with Crippen LogP contribution in [0.2, 0.25) is 0 Å². The molecule has 4 nitrogen and oxygen atoms in total. The summed E-state index contributed by atoms with van der Waals surface area (Å²) in [5.41, 5.74) is 1.62. The molecular formula is C14H9BrN2O2. The zero-order chi connectivity index (χ0) is 13.6. The summed E-state index contributed by atoms with van der Waals surface area (Å²) in [5.74, 6) is -0.258. The second-order valence-corrected chi connectivity index (χ2v) is 5.20. The first-order chi connectivity index (χ1) is 9.09. The highest BCUT2D eigenvalue weighted by atomic mass is 79.9. The standard InChI is InChI=1S/C14H9BrN2O2/c1-8-6-9(15)7-16-12(8)17-13(18)10-4-2-3-5-11(10)14(17)19/h2-7H,1H3. The van der Waals surface area contributed by atoms with Crippen molar-refractivity contribution in [1.29, 1.82) is 0 Å². The SMILES string of the molecule is Cc1cc(Br)cnc1N1C(=O)c2ccccc2C1=O. The van der Waals surface area contributed by atoms with Crippen LogP contribution in [0.5, 0.6) is 0 Å². The van der Waals surface area contributed by atoms with E-state index < -0.39 is 0 Å². The number of benzene rings is 1. The molecule has 1 aliphatic heterocycles. The molecule has 0 N–H and O–H groups in total. The van der Waals surface area contributed by atoms with E-state index in [0.717, 1.165) is 14.9 Å². The summed E-state index contributed by atoms with van der Waals surface area (Å²) in [5, 5.41) is 0. The Morgan fingerprint density at radius 1 is 1.11 bits per heavy atom. The molecule has 3 rings (SSSR count). The van der Waals surface area contributed by atoms with E-state index in [9.17, 15) is 9.59 Å². The number of pyridine rings is 1. The van der Waals surface area contributed by atoms with Crippen LogP contribution in [-0.4, -0.2) is 16.8 Å². The molecule has 1 aromatic heterocycles. The lowest BCUT2D eigenvalue weighted by molar-refractivity contribution is 0.0925. The number of fused-ring (bicyclic) bond motifs is 1. The van der Waals surface area contributed by atoms with Crippen LogP contribution in [0, 0.1) is 6.92 Å². The van der Waals surface area contributed by atoms with Gasteiger partial charge in [-0.3, -0.25) is 9.59 Å². The summed E-state index contributed by atoms with van der Waals surface area (Å²) in [4.78, 5) is 29.9. The molecule has 1 aliphatic rings. The van der Waals surface area contributed by atoms with Crippen molar-refractivity contribution in [2.45, 2.75) is 6.92 Å². The second-order valence-electron chi connectivity index (χ2n) is 4.29. The largest absolute Gasteiger partial charge is 0.268 e. The molecule has 94 valence electrons. The van der Waals surface area contributed by atoms with Gasteiger partial charge in [0.1, 0.15) is 5.82 Å². The Hall–Kier alpha value is -2.01. The summed E-state index contributed by atoms with van der Waals surface area (Å²) in [6.07, 6.45) is 1.58. The number of halogens is 1. The van der Waals surface area contributed by atoms with Crippen LogP contribution < -0.4 is 4.90 Å². The molecule has 5 heteroatoms. The number of rotatable bonds is 1. The minimum Gasteiger partial charge on any atom is -0.268 e. The summed E-state index contributed by atoms with van der Waals surface area (Å²) < 4.78 is 0.811. The maximum atomic E-state index is 12.3. The molecule has 1 aromatic carbocycles. The molecule has 0 unspecified atom stereocenters. The number of amides is 2. The normalized spacial score (nSPS) is 13.9. The number of imide groups is 1. The predicted octanol–water partition coefficient (Wildman–Crippen LogP) is 2.95. The molecule has 0 spiro atoms. The van der Waals surface area contributed by atoms with Gasteiger partial charge in [-0.05, 0) is 46.6 Å². The maximum Gasteiger partial charge on any atom is 0.267 e. The van der Waals surface area contributed by atoms with Crippen LogP contribution in [0.4, 0.5) is 5.82 Å². The minimum absolute atomic E-state index is 0.321. The lowest BCUT2D eigenvalue weighted by Crippen LogP contribution is -2.30. The topological polar surface area (TPSA) is 50.3 Å². The minimum atomic E-state index is -0.321. The average Bonchev–Trinajstić information content (AvgIpc) is 2.64. The van der Waals surface area contributed by atoms with Gasteiger partial charge in [0.05, 0.1) is 11.1 Å². The van der Waals surface area contributed by atoms with E-state index >= 15 is 0 Å². The Kier molecular flexibility index (Phi) is 2.71. The van der Waals surface area contributed by atoms with Crippen molar-refractivity contribution in [3.63, 3.8) is 0 Å². The number of aromatic nitrogens is 1. The van der Waals surface area contributed by atoms with E-state index in [4.69, 9.17) is 0 Å². The molecule has 0 aliphatic carbocycles. The molecule has 2 aromatic rings. The van der Waals surface area contributed by atoms with Crippen molar-refractivity contribution in [2.24, 2.45) is 0 Å². The van der Waals surface area contributed by atoms with Crippen molar-refractivity contribution in [1.82, 2.24) is 4.98 Å². The lowest BCUT2D eigenvalue weighted by Gasteiger charge is -2.15. The number of anilines is 1. The third-order valence-electron chi connectivity index (χ3n) is 3.02. The predicted molar refractivity (Wildman–Crippen MR) is 74.3 cm³/mol. The van der Waals surface area contributed by atoms with Gasteiger partial charge < -0.3 is 0 Å². The lowest BCUT2D eigenvalue weighted by atomic mass is 10.1. The first kappa shape index (κ1) is 12.0. The van der Waals surface area contributed by atoms with Crippen molar-refractivity contribution in [2.75, 3.05) is 4.90 Å². The molecule has 0 bridgehead atoms. The molecule has 0 atom stereocenters. The number of hydrogen-bond donors (Lipinski definition) is 0. The van der Waals surface area contributed by atoms with Crippen molar-refractivity contribution >= 4 is 33.6 Å². The van der Waals surface area contributed by atoms with Crippen LogP contribution in [0.1, 0.15) is 26.3 Å². The van der Waals surface area contributed by atoms with Crippen LogP contribution in [0.15, 0.2) is 41.0 Å². The number of carbonyl (C=O) groups excluding carboxylic acids is 2. The van der Waals surface area contributed by atoms with Crippen LogP contribution in [-0.2, 0) is 0 Å². The fourth-order valence-corrected chi connectivity index (χ4v) is 2.59. The highest BCUT2D eigenvalue weighted by Gasteiger charge is 2.37. The van der Waals surface area contributed by atoms with Crippen LogP contribution in [0.25, 0.3) is 0 Å². The molecule has 2 heterocycles. The van der Waals surface area contributed by atoms with E-state index in [-0.39, 0.29) is 11.8 Å². The van der Waals surface area contributed by atoms with E-state index in [0.29, 0.717) is 16.9 Å². The Balaban J connectivity index is 2.14. The maximum absolute atomic E-state index is 12.3. The van der Waals surface area contributed by atoms with Gasteiger partial charge in [0.15, 0.2) is 0 Å². The quantitative estimate of drug-likeness (QED) is 0.760. The highest BCUT2D eigenvalue weighted by molar-refractivity contribution is 9.10. The number of nitrogens with zero attached hydrogens (tertiary/aromatic N) is 2. The van der Waals surface area contributed by atoms with Crippen LogP contribution >= 0.6 is 15.9 Å². The zero-order valence-corrected chi connectivity index (χ0v) is 11.6. The van der Waals surface area contributed by atoms with Gasteiger partial charge in [-0.2, -0.15) is 0 Å². The molecular weight excluding hydrogens is 308 g/mol. The Labute approximate surface area is 118 Å². The average molecular weight is 317 g/mol. The molecule has 0 radical (unpaired) electrons. The van der Waals surface area contributed by atoms with Crippen molar-refractivity contribution in [3.05, 3.63) is 57.7 Å². The first-order valence-electron chi connectivity index (χ1n) is 5.69. The highest BCUT2D eigenvalue weighted by Crippen LogP contribution is 2.29. The third-order valence-corrected chi connectivity index (χ3v) is 3.46. The number of aryl methyl sites for hydroxylation is 1. The molecule has 0 fully saturated rings. The fraction of sp³-hybridized carbons (Fsp3) is 0.0714. The Morgan fingerprint density at radius 3 is 2.21 bits per heavy atom. The molecule has 0 saturated carbocycles. The monoisotopic (exact) mass is 316 g/mol. The van der Waals surface area contributed by atoms with E-state index in [1.54, 1.807) is 30.5 Å². The smallest absolute Gasteiger partial charge is 0.267 e.